The second-order valence-corrected chi connectivity index (χ2v) is 5.54. The van der Waals surface area contributed by atoms with Gasteiger partial charge in [0.05, 0.1) is 7.11 Å². The van der Waals surface area contributed by atoms with E-state index in [0.29, 0.717) is 0 Å². The second-order valence-electron chi connectivity index (χ2n) is 5.54. The maximum Gasteiger partial charge on any atom is 0.408 e. The molecule has 0 aromatic rings. The summed E-state index contributed by atoms with van der Waals surface area (Å²) in [5, 5.41) is 2.45. The van der Waals surface area contributed by atoms with E-state index in [-0.39, 0.29) is 19.3 Å². The molecule has 0 bridgehead atoms. The molecule has 1 saturated carbocycles. The summed E-state index contributed by atoms with van der Waals surface area (Å²) in [6, 6.07) is 0. The lowest BCUT2D eigenvalue weighted by atomic mass is 9.98. The zero-order valence-corrected chi connectivity index (χ0v) is 11.2. The number of hydrogen-bond donors (Lipinski definition) is 1. The van der Waals surface area contributed by atoms with Gasteiger partial charge in [0, 0.05) is 6.42 Å². The van der Waals surface area contributed by atoms with Crippen LogP contribution in [0.4, 0.5) is 9.18 Å². The van der Waals surface area contributed by atoms with Crippen LogP contribution in [0.2, 0.25) is 0 Å². The zero-order valence-electron chi connectivity index (χ0n) is 11.2. The lowest BCUT2D eigenvalue weighted by Gasteiger charge is -2.29. The minimum Gasteiger partial charge on any atom is -0.467 e. The third kappa shape index (κ3) is 3.58. The molecule has 2 unspecified atom stereocenters. The number of rotatable bonds is 2. The molecule has 2 atom stereocenters. The molecular weight excluding hydrogens is 241 g/mol. The highest BCUT2D eigenvalue weighted by atomic mass is 19.1. The van der Waals surface area contributed by atoms with Gasteiger partial charge in [-0.1, -0.05) is 0 Å². The molecule has 1 N–H and O–H groups in total. The van der Waals surface area contributed by atoms with Crippen LogP contribution in [-0.4, -0.2) is 36.5 Å². The van der Waals surface area contributed by atoms with Gasteiger partial charge in [-0.15, -0.1) is 0 Å². The Hall–Kier alpha value is -1.33. The molecule has 0 spiro atoms. The van der Waals surface area contributed by atoms with Crippen LogP contribution in [0, 0.1) is 0 Å². The number of esters is 1. The predicted molar refractivity (Wildman–Crippen MR) is 62.9 cm³/mol. The number of amides is 1. The first-order valence-corrected chi connectivity index (χ1v) is 5.92. The standard InChI is InChI=1S/C12H20FNO4/c1-11(2,3)18-10(16)14-12(9(15)17-4)6-5-8(13)7-12/h8H,5-7H2,1-4H3,(H,14,16). The molecule has 0 aromatic heterocycles. The summed E-state index contributed by atoms with van der Waals surface area (Å²) in [4.78, 5) is 23.4. The number of halogens is 1. The molecule has 104 valence electrons. The number of carbonyl (C=O) groups is 2. The van der Waals surface area contributed by atoms with Gasteiger partial charge in [-0.25, -0.2) is 14.0 Å². The van der Waals surface area contributed by atoms with Crippen molar-refractivity contribution < 1.29 is 23.5 Å². The average molecular weight is 261 g/mol. The van der Waals surface area contributed by atoms with Crippen molar-refractivity contribution in [3.05, 3.63) is 0 Å². The minimum atomic E-state index is -1.30. The Bertz CT molecular complexity index is 339. The van der Waals surface area contributed by atoms with E-state index in [1.54, 1.807) is 20.8 Å². The summed E-state index contributed by atoms with van der Waals surface area (Å²) in [6.45, 7) is 5.14. The lowest BCUT2D eigenvalue weighted by molar-refractivity contribution is -0.148. The van der Waals surface area contributed by atoms with E-state index in [1.165, 1.54) is 7.11 Å². The average Bonchev–Trinajstić information content (AvgIpc) is 2.57. The first-order chi connectivity index (χ1) is 8.18. The molecule has 18 heavy (non-hydrogen) atoms. The van der Waals surface area contributed by atoms with Crippen molar-refractivity contribution in [2.75, 3.05) is 7.11 Å². The summed E-state index contributed by atoms with van der Waals surface area (Å²) in [7, 11) is 1.21. The Balaban J connectivity index is 2.75. The Morgan fingerprint density at radius 1 is 1.39 bits per heavy atom. The number of methoxy groups -OCH3 is 1. The van der Waals surface area contributed by atoms with Crippen LogP contribution in [-0.2, 0) is 14.3 Å². The van der Waals surface area contributed by atoms with Crippen molar-refractivity contribution in [1.29, 1.82) is 0 Å². The normalized spacial score (nSPS) is 27.7. The first-order valence-electron chi connectivity index (χ1n) is 5.92. The molecule has 1 fully saturated rings. The third-order valence-electron chi connectivity index (χ3n) is 2.77. The number of carbonyl (C=O) groups excluding carboxylic acids is 2. The number of alkyl halides is 1. The Kier molecular flexibility index (Phi) is 4.19. The smallest absolute Gasteiger partial charge is 0.408 e. The zero-order chi connectivity index (χ0) is 14.0. The SMILES string of the molecule is COC(=O)C1(NC(=O)OC(C)(C)C)CCC(F)C1. The predicted octanol–water partition coefficient (Wildman–Crippen LogP) is 1.94. The van der Waals surface area contributed by atoms with Gasteiger partial charge in [-0.05, 0) is 33.6 Å². The molecule has 1 aliphatic rings. The quantitative estimate of drug-likeness (QED) is 0.771. The Morgan fingerprint density at radius 2 is 2.00 bits per heavy atom. The fourth-order valence-corrected chi connectivity index (χ4v) is 2.03. The van der Waals surface area contributed by atoms with Crippen molar-refractivity contribution in [1.82, 2.24) is 5.32 Å². The molecule has 5 nitrogen and oxygen atoms in total. The monoisotopic (exact) mass is 261 g/mol. The van der Waals surface area contributed by atoms with Crippen LogP contribution in [0.1, 0.15) is 40.0 Å². The highest BCUT2D eigenvalue weighted by Crippen LogP contribution is 2.33. The van der Waals surface area contributed by atoms with E-state index in [9.17, 15) is 14.0 Å². The van der Waals surface area contributed by atoms with Gasteiger partial charge in [0.2, 0.25) is 0 Å². The fourth-order valence-electron chi connectivity index (χ4n) is 2.03. The van der Waals surface area contributed by atoms with Crippen molar-refractivity contribution in [2.45, 2.75) is 57.3 Å². The third-order valence-corrected chi connectivity index (χ3v) is 2.77. The van der Waals surface area contributed by atoms with E-state index >= 15 is 0 Å². The van der Waals surface area contributed by atoms with Gasteiger partial charge in [-0.2, -0.15) is 0 Å². The fraction of sp³-hybridized carbons (Fsp3) is 0.833. The van der Waals surface area contributed by atoms with Gasteiger partial charge in [0.25, 0.3) is 0 Å². The Labute approximate surface area is 106 Å². The van der Waals surface area contributed by atoms with Crippen molar-refractivity contribution >= 4 is 12.1 Å². The number of hydrogen-bond acceptors (Lipinski definition) is 4. The number of nitrogens with one attached hydrogen (secondary N) is 1. The van der Waals surface area contributed by atoms with Gasteiger partial charge in [0.15, 0.2) is 0 Å². The number of alkyl carbamates (subject to hydrolysis) is 1. The Morgan fingerprint density at radius 3 is 2.39 bits per heavy atom. The summed E-state index contributed by atoms with van der Waals surface area (Å²) in [5.74, 6) is -0.631. The summed E-state index contributed by atoms with van der Waals surface area (Å²) in [5.41, 5.74) is -1.97. The van der Waals surface area contributed by atoms with Crippen LogP contribution in [0.15, 0.2) is 0 Å². The van der Waals surface area contributed by atoms with Gasteiger partial charge < -0.3 is 14.8 Å². The van der Waals surface area contributed by atoms with E-state index in [1.807, 2.05) is 0 Å². The first kappa shape index (κ1) is 14.7. The molecule has 1 amide bonds. The molecule has 0 heterocycles. The van der Waals surface area contributed by atoms with E-state index in [4.69, 9.17) is 4.74 Å². The number of ether oxygens (including phenoxy) is 2. The lowest BCUT2D eigenvalue weighted by Crippen LogP contribution is -2.54. The molecule has 1 aliphatic carbocycles. The minimum absolute atomic E-state index is 0.0705. The van der Waals surface area contributed by atoms with Gasteiger partial charge in [-0.3, -0.25) is 0 Å². The van der Waals surface area contributed by atoms with Crippen molar-refractivity contribution in [3.63, 3.8) is 0 Å². The van der Waals surface area contributed by atoms with Crippen LogP contribution < -0.4 is 5.32 Å². The largest absolute Gasteiger partial charge is 0.467 e. The molecule has 6 heteroatoms. The van der Waals surface area contributed by atoms with Crippen LogP contribution in [0.5, 0.6) is 0 Å². The van der Waals surface area contributed by atoms with Gasteiger partial charge in [0.1, 0.15) is 17.3 Å². The van der Waals surface area contributed by atoms with Crippen molar-refractivity contribution in [3.8, 4) is 0 Å². The highest BCUT2D eigenvalue weighted by Gasteiger charge is 2.48. The van der Waals surface area contributed by atoms with Crippen molar-refractivity contribution in [2.24, 2.45) is 0 Å². The molecular formula is C12H20FNO4. The summed E-state index contributed by atoms with van der Waals surface area (Å²) in [6.07, 6.45) is -1.47. The topological polar surface area (TPSA) is 64.6 Å². The van der Waals surface area contributed by atoms with E-state index in [0.717, 1.165) is 0 Å². The molecule has 1 rings (SSSR count). The maximum absolute atomic E-state index is 13.3. The molecule has 0 aromatic carbocycles. The van der Waals surface area contributed by atoms with E-state index < -0.39 is 29.4 Å². The summed E-state index contributed by atoms with van der Waals surface area (Å²) < 4.78 is 23.0. The second kappa shape index (κ2) is 5.12. The summed E-state index contributed by atoms with van der Waals surface area (Å²) >= 11 is 0. The van der Waals surface area contributed by atoms with E-state index in [2.05, 4.69) is 10.1 Å². The maximum atomic E-state index is 13.3. The highest BCUT2D eigenvalue weighted by molar-refractivity contribution is 5.86. The van der Waals surface area contributed by atoms with Gasteiger partial charge >= 0.3 is 12.1 Å². The van der Waals surface area contributed by atoms with Crippen LogP contribution >= 0.6 is 0 Å². The molecule has 0 saturated heterocycles. The molecule has 0 aliphatic heterocycles. The van der Waals surface area contributed by atoms with Crippen LogP contribution in [0.3, 0.4) is 0 Å². The molecule has 0 radical (unpaired) electrons. The van der Waals surface area contributed by atoms with Crippen LogP contribution in [0.25, 0.3) is 0 Å².